The zero-order chi connectivity index (χ0) is 14.4. The van der Waals surface area contributed by atoms with E-state index in [1.165, 1.54) is 12.1 Å². The van der Waals surface area contributed by atoms with Crippen molar-refractivity contribution in [3.63, 3.8) is 0 Å². The van der Waals surface area contributed by atoms with E-state index in [0.29, 0.717) is 12.8 Å². The van der Waals surface area contributed by atoms with Gasteiger partial charge in [-0.3, -0.25) is 4.90 Å². The largest absolute Gasteiger partial charge is 0.385 e. The number of rotatable bonds is 6. The van der Waals surface area contributed by atoms with E-state index in [2.05, 4.69) is 11.5 Å². The van der Waals surface area contributed by atoms with Crippen LogP contribution in [0.2, 0.25) is 0 Å². The number of benzene rings is 1. The molecule has 3 nitrogen and oxygen atoms in total. The smallest absolute Gasteiger partial charge is 0.123 e. The van der Waals surface area contributed by atoms with Gasteiger partial charge in [-0.05, 0) is 30.5 Å². The molecule has 0 bridgehead atoms. The molecule has 0 spiro atoms. The summed E-state index contributed by atoms with van der Waals surface area (Å²) in [7, 11) is 0. The van der Waals surface area contributed by atoms with Crippen molar-refractivity contribution in [3.8, 4) is 0 Å². The molecule has 1 aromatic rings. The summed E-state index contributed by atoms with van der Waals surface area (Å²) < 4.78 is 18.3. The average molecular weight is 279 g/mol. The Kier molecular flexibility index (Phi) is 5.29. The highest BCUT2D eigenvalue weighted by atomic mass is 19.1. The number of ether oxygens (including phenoxy) is 1. The molecule has 0 aliphatic carbocycles. The Balaban J connectivity index is 2.03. The Labute approximate surface area is 119 Å². The molecular formula is C16H22FNO2. The third-order valence-corrected chi connectivity index (χ3v) is 3.81. The van der Waals surface area contributed by atoms with E-state index in [1.807, 2.05) is 0 Å². The summed E-state index contributed by atoms with van der Waals surface area (Å²) in [5, 5.41) is 10.9. The normalized spacial score (nSPS) is 19.5. The molecule has 4 heteroatoms. The van der Waals surface area contributed by atoms with Crippen molar-refractivity contribution in [1.82, 2.24) is 4.90 Å². The molecule has 1 unspecified atom stereocenters. The Morgan fingerprint density at radius 3 is 2.55 bits per heavy atom. The molecule has 0 radical (unpaired) electrons. The first-order valence-electron chi connectivity index (χ1n) is 7.03. The zero-order valence-corrected chi connectivity index (χ0v) is 11.7. The molecule has 0 saturated carbocycles. The first-order chi connectivity index (χ1) is 9.64. The van der Waals surface area contributed by atoms with Gasteiger partial charge in [0.05, 0.1) is 18.8 Å². The molecule has 1 heterocycles. The van der Waals surface area contributed by atoms with Gasteiger partial charge in [-0.25, -0.2) is 4.39 Å². The molecule has 1 fully saturated rings. The molecule has 2 rings (SSSR count). The monoisotopic (exact) mass is 279 g/mol. The van der Waals surface area contributed by atoms with E-state index in [-0.39, 0.29) is 5.82 Å². The summed E-state index contributed by atoms with van der Waals surface area (Å²) in [5.74, 6) is -0.289. The van der Waals surface area contributed by atoms with E-state index in [4.69, 9.17) is 4.74 Å². The van der Waals surface area contributed by atoms with E-state index < -0.39 is 5.60 Å². The van der Waals surface area contributed by atoms with Crippen molar-refractivity contribution in [2.45, 2.75) is 18.4 Å². The van der Waals surface area contributed by atoms with Gasteiger partial charge in [0.2, 0.25) is 0 Å². The standard InChI is InChI=1S/C16H22FNO2/c1-2-7-16(19,14-3-5-15(17)6-4-14)8-9-18-10-12-20-13-11-18/h2-6,19H,1,7-13H2. The average Bonchev–Trinajstić information content (AvgIpc) is 2.47. The summed E-state index contributed by atoms with van der Waals surface area (Å²) in [5.41, 5.74) is -0.236. The van der Waals surface area contributed by atoms with Crippen molar-refractivity contribution in [2.24, 2.45) is 0 Å². The van der Waals surface area contributed by atoms with Gasteiger partial charge in [-0.1, -0.05) is 18.2 Å². The predicted octanol–water partition coefficient (Wildman–Crippen LogP) is 2.31. The fourth-order valence-electron chi connectivity index (χ4n) is 2.53. The predicted molar refractivity (Wildman–Crippen MR) is 77.0 cm³/mol. The van der Waals surface area contributed by atoms with E-state index in [1.54, 1.807) is 18.2 Å². The van der Waals surface area contributed by atoms with E-state index in [0.717, 1.165) is 38.4 Å². The second kappa shape index (κ2) is 6.97. The maximum absolute atomic E-state index is 13.0. The number of hydrogen-bond acceptors (Lipinski definition) is 3. The molecule has 1 aromatic carbocycles. The van der Waals surface area contributed by atoms with E-state index >= 15 is 0 Å². The van der Waals surface area contributed by atoms with Crippen molar-refractivity contribution < 1.29 is 14.2 Å². The van der Waals surface area contributed by atoms with Crippen LogP contribution in [0.4, 0.5) is 4.39 Å². The van der Waals surface area contributed by atoms with Crippen LogP contribution in [-0.4, -0.2) is 42.9 Å². The van der Waals surface area contributed by atoms with Crippen LogP contribution < -0.4 is 0 Å². The Morgan fingerprint density at radius 1 is 1.30 bits per heavy atom. The molecule has 1 aliphatic heterocycles. The molecule has 1 saturated heterocycles. The lowest BCUT2D eigenvalue weighted by Crippen LogP contribution is -2.39. The fraction of sp³-hybridized carbons (Fsp3) is 0.500. The van der Waals surface area contributed by atoms with Crippen LogP contribution in [0.25, 0.3) is 0 Å². The minimum absolute atomic E-state index is 0.289. The summed E-state index contributed by atoms with van der Waals surface area (Å²) in [6, 6.07) is 6.08. The van der Waals surface area contributed by atoms with Crippen LogP contribution in [0.5, 0.6) is 0 Å². The summed E-state index contributed by atoms with van der Waals surface area (Å²) in [6.45, 7) is 7.80. The number of nitrogens with zero attached hydrogens (tertiary/aromatic N) is 1. The van der Waals surface area contributed by atoms with Crippen LogP contribution in [0.1, 0.15) is 18.4 Å². The van der Waals surface area contributed by atoms with Gasteiger partial charge >= 0.3 is 0 Å². The first kappa shape index (κ1) is 15.2. The second-order valence-electron chi connectivity index (χ2n) is 5.24. The highest BCUT2D eigenvalue weighted by Crippen LogP contribution is 2.29. The lowest BCUT2D eigenvalue weighted by molar-refractivity contribution is -0.00298. The molecule has 0 aromatic heterocycles. The van der Waals surface area contributed by atoms with Gasteiger partial charge < -0.3 is 9.84 Å². The number of halogens is 1. The number of morpholine rings is 1. The summed E-state index contributed by atoms with van der Waals surface area (Å²) >= 11 is 0. The summed E-state index contributed by atoms with van der Waals surface area (Å²) in [4.78, 5) is 2.28. The molecule has 0 amide bonds. The third-order valence-electron chi connectivity index (χ3n) is 3.81. The Morgan fingerprint density at radius 2 is 1.95 bits per heavy atom. The van der Waals surface area contributed by atoms with Crippen molar-refractivity contribution in [2.75, 3.05) is 32.8 Å². The minimum Gasteiger partial charge on any atom is -0.385 e. The maximum Gasteiger partial charge on any atom is 0.123 e. The lowest BCUT2D eigenvalue weighted by atomic mass is 9.87. The van der Waals surface area contributed by atoms with Crippen molar-refractivity contribution >= 4 is 0 Å². The van der Waals surface area contributed by atoms with Crippen LogP contribution in [0, 0.1) is 5.82 Å². The molecule has 110 valence electrons. The zero-order valence-electron chi connectivity index (χ0n) is 11.7. The SMILES string of the molecule is C=CCC(O)(CCN1CCOCC1)c1ccc(F)cc1. The second-order valence-corrected chi connectivity index (χ2v) is 5.24. The lowest BCUT2D eigenvalue weighted by Gasteiger charge is -2.32. The topological polar surface area (TPSA) is 32.7 Å². The number of aliphatic hydroxyl groups is 1. The van der Waals surface area contributed by atoms with E-state index in [9.17, 15) is 9.50 Å². The minimum atomic E-state index is -0.978. The van der Waals surface area contributed by atoms with Gasteiger partial charge in [-0.15, -0.1) is 6.58 Å². The van der Waals surface area contributed by atoms with Crippen LogP contribution in [0.15, 0.2) is 36.9 Å². The van der Waals surface area contributed by atoms with Gasteiger partial charge in [0.15, 0.2) is 0 Å². The molecular weight excluding hydrogens is 257 g/mol. The molecule has 1 aliphatic rings. The Bertz CT molecular complexity index is 429. The van der Waals surface area contributed by atoms with Crippen LogP contribution >= 0.6 is 0 Å². The highest BCUT2D eigenvalue weighted by Gasteiger charge is 2.28. The first-order valence-corrected chi connectivity index (χ1v) is 7.03. The Hall–Kier alpha value is -1.23. The van der Waals surface area contributed by atoms with Gasteiger partial charge in [0.1, 0.15) is 5.82 Å². The number of hydrogen-bond donors (Lipinski definition) is 1. The highest BCUT2D eigenvalue weighted by molar-refractivity contribution is 5.24. The third kappa shape index (κ3) is 3.88. The summed E-state index contributed by atoms with van der Waals surface area (Å²) in [6.07, 6.45) is 2.77. The molecule has 1 atom stereocenters. The van der Waals surface area contributed by atoms with Crippen molar-refractivity contribution in [3.05, 3.63) is 48.3 Å². The van der Waals surface area contributed by atoms with Gasteiger partial charge in [0, 0.05) is 19.6 Å². The quantitative estimate of drug-likeness (QED) is 0.811. The fourth-order valence-corrected chi connectivity index (χ4v) is 2.53. The molecule has 1 N–H and O–H groups in total. The van der Waals surface area contributed by atoms with Crippen LogP contribution in [0.3, 0.4) is 0 Å². The maximum atomic E-state index is 13.0. The van der Waals surface area contributed by atoms with Crippen molar-refractivity contribution in [1.29, 1.82) is 0 Å². The molecule has 20 heavy (non-hydrogen) atoms. The van der Waals surface area contributed by atoms with Gasteiger partial charge in [-0.2, -0.15) is 0 Å². The van der Waals surface area contributed by atoms with Crippen LogP contribution in [-0.2, 0) is 10.3 Å². The van der Waals surface area contributed by atoms with Gasteiger partial charge in [0.25, 0.3) is 0 Å².